The standard InChI is InChI=1S/C16H19ClN2OS/c17-16-18-10-15(21-16)20-12-14-6-8-19(9-7-14)11-13-4-2-1-3-5-13/h1-5,10,14H,6-9,11-12H2. The first-order valence-electron chi connectivity index (χ1n) is 7.30. The molecule has 0 aliphatic carbocycles. The molecule has 1 fully saturated rings. The summed E-state index contributed by atoms with van der Waals surface area (Å²) in [5.74, 6) is 0.637. The molecule has 0 spiro atoms. The molecule has 5 heteroatoms. The SMILES string of the molecule is Clc1ncc(OCC2CCN(Cc3ccccc3)CC2)s1. The third-order valence-electron chi connectivity index (χ3n) is 3.87. The number of hydrogen-bond donors (Lipinski definition) is 0. The Morgan fingerprint density at radius 1 is 1.24 bits per heavy atom. The van der Waals surface area contributed by atoms with Crippen molar-refractivity contribution in [2.45, 2.75) is 19.4 Å². The van der Waals surface area contributed by atoms with Gasteiger partial charge in [-0.1, -0.05) is 53.3 Å². The quantitative estimate of drug-likeness (QED) is 0.829. The van der Waals surface area contributed by atoms with Crippen molar-refractivity contribution in [2.75, 3.05) is 19.7 Å². The van der Waals surface area contributed by atoms with E-state index in [9.17, 15) is 0 Å². The predicted octanol–water partition coefficient (Wildman–Crippen LogP) is 4.09. The first-order chi connectivity index (χ1) is 10.3. The Balaban J connectivity index is 1.40. The van der Waals surface area contributed by atoms with E-state index < -0.39 is 0 Å². The van der Waals surface area contributed by atoms with E-state index in [-0.39, 0.29) is 0 Å². The Kier molecular flexibility index (Phi) is 5.12. The second-order valence-corrected chi connectivity index (χ2v) is 7.02. The summed E-state index contributed by atoms with van der Waals surface area (Å²) in [6.45, 7) is 4.12. The number of rotatable bonds is 5. The van der Waals surface area contributed by atoms with Crippen molar-refractivity contribution in [3.8, 4) is 5.06 Å². The molecule has 0 radical (unpaired) electrons. The summed E-state index contributed by atoms with van der Waals surface area (Å²) >= 11 is 7.20. The third kappa shape index (κ3) is 4.43. The first kappa shape index (κ1) is 14.8. The van der Waals surface area contributed by atoms with Gasteiger partial charge in [-0.15, -0.1) is 0 Å². The number of halogens is 1. The Morgan fingerprint density at radius 3 is 2.67 bits per heavy atom. The Bertz CT molecular complexity index is 552. The predicted molar refractivity (Wildman–Crippen MR) is 87.1 cm³/mol. The first-order valence-corrected chi connectivity index (χ1v) is 8.49. The van der Waals surface area contributed by atoms with Gasteiger partial charge in [-0.25, -0.2) is 4.98 Å². The van der Waals surface area contributed by atoms with E-state index in [1.54, 1.807) is 6.20 Å². The van der Waals surface area contributed by atoms with Crippen molar-refractivity contribution in [1.29, 1.82) is 0 Å². The van der Waals surface area contributed by atoms with E-state index in [0.717, 1.165) is 31.3 Å². The molecule has 0 bridgehead atoms. The zero-order chi connectivity index (χ0) is 14.5. The smallest absolute Gasteiger partial charge is 0.195 e. The van der Waals surface area contributed by atoms with E-state index in [2.05, 4.69) is 40.2 Å². The van der Waals surface area contributed by atoms with Gasteiger partial charge >= 0.3 is 0 Å². The summed E-state index contributed by atoms with van der Waals surface area (Å²) in [6, 6.07) is 10.7. The van der Waals surface area contributed by atoms with Gasteiger partial charge in [-0.05, 0) is 37.4 Å². The topological polar surface area (TPSA) is 25.4 Å². The molecule has 112 valence electrons. The Labute approximate surface area is 134 Å². The maximum Gasteiger partial charge on any atom is 0.195 e. The number of likely N-dealkylation sites (tertiary alicyclic amines) is 1. The van der Waals surface area contributed by atoms with Crippen LogP contribution in [0.3, 0.4) is 0 Å². The molecule has 1 aliphatic rings. The van der Waals surface area contributed by atoms with Crippen LogP contribution in [-0.4, -0.2) is 29.6 Å². The van der Waals surface area contributed by atoms with Gasteiger partial charge in [-0.3, -0.25) is 4.90 Å². The number of benzene rings is 1. The monoisotopic (exact) mass is 322 g/mol. The van der Waals surface area contributed by atoms with Crippen molar-refractivity contribution in [3.05, 3.63) is 46.6 Å². The fourth-order valence-corrected chi connectivity index (χ4v) is 3.44. The molecule has 3 rings (SSSR count). The number of hydrogen-bond acceptors (Lipinski definition) is 4. The van der Waals surface area contributed by atoms with Gasteiger partial charge in [0.15, 0.2) is 9.53 Å². The molecule has 0 saturated carbocycles. The van der Waals surface area contributed by atoms with Crippen molar-refractivity contribution >= 4 is 22.9 Å². The number of nitrogens with zero attached hydrogens (tertiary/aromatic N) is 2. The maximum atomic E-state index is 5.80. The molecule has 1 aromatic heterocycles. The molecule has 1 aromatic carbocycles. The number of piperidine rings is 1. The Hall–Kier alpha value is -1.10. The number of thiazole rings is 1. The average molecular weight is 323 g/mol. The van der Waals surface area contributed by atoms with Crippen LogP contribution in [0.2, 0.25) is 4.47 Å². The highest BCUT2D eigenvalue weighted by molar-refractivity contribution is 7.17. The molecule has 21 heavy (non-hydrogen) atoms. The maximum absolute atomic E-state index is 5.80. The normalized spacial score (nSPS) is 17.0. The van der Waals surface area contributed by atoms with E-state index in [1.807, 2.05) is 0 Å². The van der Waals surface area contributed by atoms with Crippen LogP contribution < -0.4 is 4.74 Å². The lowest BCUT2D eigenvalue weighted by atomic mass is 9.97. The molecule has 0 amide bonds. The van der Waals surface area contributed by atoms with Gasteiger partial charge in [0.1, 0.15) is 0 Å². The molecular formula is C16H19ClN2OS. The minimum absolute atomic E-state index is 0.544. The summed E-state index contributed by atoms with van der Waals surface area (Å²) < 4.78 is 6.32. The van der Waals surface area contributed by atoms with Gasteiger partial charge in [0.25, 0.3) is 0 Å². The zero-order valence-corrected chi connectivity index (χ0v) is 13.4. The van der Waals surface area contributed by atoms with E-state index >= 15 is 0 Å². The van der Waals surface area contributed by atoms with E-state index in [4.69, 9.17) is 16.3 Å². The summed E-state index contributed by atoms with van der Waals surface area (Å²) in [7, 11) is 0. The summed E-state index contributed by atoms with van der Waals surface area (Å²) in [4.78, 5) is 6.51. The zero-order valence-electron chi connectivity index (χ0n) is 11.9. The summed E-state index contributed by atoms with van der Waals surface area (Å²) in [5.41, 5.74) is 1.39. The fraction of sp³-hybridized carbons (Fsp3) is 0.438. The molecular weight excluding hydrogens is 304 g/mol. The molecule has 1 aliphatic heterocycles. The minimum atomic E-state index is 0.544. The van der Waals surface area contributed by atoms with Gasteiger partial charge in [0, 0.05) is 6.54 Å². The summed E-state index contributed by atoms with van der Waals surface area (Å²) in [5, 5.41) is 0.826. The highest BCUT2D eigenvalue weighted by atomic mass is 35.5. The summed E-state index contributed by atoms with van der Waals surface area (Å²) in [6.07, 6.45) is 4.09. The van der Waals surface area contributed by atoms with Gasteiger partial charge in [0.2, 0.25) is 0 Å². The second kappa shape index (κ2) is 7.25. The second-order valence-electron chi connectivity index (χ2n) is 5.45. The van der Waals surface area contributed by atoms with E-state index in [0.29, 0.717) is 10.4 Å². The molecule has 3 nitrogen and oxygen atoms in total. The lowest BCUT2D eigenvalue weighted by molar-refractivity contribution is 0.138. The highest BCUT2D eigenvalue weighted by Crippen LogP contribution is 2.27. The largest absolute Gasteiger partial charge is 0.482 e. The van der Waals surface area contributed by atoms with Crippen LogP contribution in [0.15, 0.2) is 36.5 Å². The van der Waals surface area contributed by atoms with Crippen LogP contribution >= 0.6 is 22.9 Å². The van der Waals surface area contributed by atoms with Gasteiger partial charge in [-0.2, -0.15) is 0 Å². The van der Waals surface area contributed by atoms with Crippen molar-refractivity contribution in [1.82, 2.24) is 9.88 Å². The third-order valence-corrected chi connectivity index (χ3v) is 4.90. The van der Waals surface area contributed by atoms with Crippen LogP contribution in [0.4, 0.5) is 0 Å². The highest BCUT2D eigenvalue weighted by Gasteiger charge is 2.20. The van der Waals surface area contributed by atoms with E-state index in [1.165, 1.54) is 29.7 Å². The molecule has 2 aromatic rings. The van der Waals surface area contributed by atoms with Crippen LogP contribution in [0, 0.1) is 5.92 Å². The number of ether oxygens (including phenoxy) is 1. The molecule has 1 saturated heterocycles. The average Bonchev–Trinajstić information content (AvgIpc) is 2.93. The van der Waals surface area contributed by atoms with Crippen molar-refractivity contribution in [2.24, 2.45) is 5.92 Å². The lowest BCUT2D eigenvalue weighted by Crippen LogP contribution is -2.35. The van der Waals surface area contributed by atoms with Crippen molar-refractivity contribution < 1.29 is 4.74 Å². The Morgan fingerprint density at radius 2 is 2.00 bits per heavy atom. The van der Waals surface area contributed by atoms with Crippen LogP contribution in [-0.2, 0) is 6.54 Å². The van der Waals surface area contributed by atoms with Crippen LogP contribution in [0.1, 0.15) is 18.4 Å². The van der Waals surface area contributed by atoms with Crippen molar-refractivity contribution in [3.63, 3.8) is 0 Å². The number of aromatic nitrogens is 1. The van der Waals surface area contributed by atoms with Crippen LogP contribution in [0.25, 0.3) is 0 Å². The lowest BCUT2D eigenvalue weighted by Gasteiger charge is -2.31. The molecule has 2 heterocycles. The molecule has 0 N–H and O–H groups in total. The van der Waals surface area contributed by atoms with Gasteiger partial charge < -0.3 is 4.74 Å². The molecule has 0 unspecified atom stereocenters. The fourth-order valence-electron chi connectivity index (χ4n) is 2.66. The van der Waals surface area contributed by atoms with Crippen LogP contribution in [0.5, 0.6) is 5.06 Å². The molecule has 0 atom stereocenters. The minimum Gasteiger partial charge on any atom is -0.482 e. The van der Waals surface area contributed by atoms with Gasteiger partial charge in [0.05, 0.1) is 12.8 Å².